The second kappa shape index (κ2) is 9.17. The zero-order valence-corrected chi connectivity index (χ0v) is 16.3. The smallest absolute Gasteiger partial charge is 0.156 e. The molecule has 0 aliphatic carbocycles. The summed E-state index contributed by atoms with van der Waals surface area (Å²) in [4.78, 5) is 8.62. The topological polar surface area (TPSA) is 82.1 Å². The van der Waals surface area contributed by atoms with Gasteiger partial charge in [-0.25, -0.2) is 0 Å². The fourth-order valence-electron chi connectivity index (χ4n) is 2.76. The quantitative estimate of drug-likeness (QED) is 0.599. The van der Waals surface area contributed by atoms with E-state index in [1.807, 2.05) is 12.1 Å². The summed E-state index contributed by atoms with van der Waals surface area (Å²) in [6, 6.07) is 4.00. The van der Waals surface area contributed by atoms with Crippen LogP contribution in [0.3, 0.4) is 0 Å². The van der Waals surface area contributed by atoms with Crippen LogP contribution in [0.1, 0.15) is 18.4 Å². The van der Waals surface area contributed by atoms with E-state index in [4.69, 9.17) is 11.6 Å². The highest BCUT2D eigenvalue weighted by Crippen LogP contribution is 2.17. The van der Waals surface area contributed by atoms with Gasteiger partial charge in [-0.1, -0.05) is 11.6 Å². The molecular formula is C18H23ClN5OP. The molecule has 2 aliphatic heterocycles. The van der Waals surface area contributed by atoms with Crippen molar-refractivity contribution in [3.8, 4) is 0 Å². The molecule has 1 aromatic heterocycles. The molecule has 0 spiro atoms. The number of hydrogen-bond donors (Lipinski definition) is 4. The van der Waals surface area contributed by atoms with Gasteiger partial charge in [0.05, 0.1) is 28.3 Å². The molecule has 0 bridgehead atoms. The van der Waals surface area contributed by atoms with Crippen LogP contribution >= 0.6 is 20.8 Å². The lowest BCUT2D eigenvalue weighted by Crippen LogP contribution is -2.24. The van der Waals surface area contributed by atoms with Crippen molar-refractivity contribution >= 4 is 37.2 Å². The Bertz CT molecular complexity index is 828. The van der Waals surface area contributed by atoms with E-state index in [1.165, 1.54) is 25.9 Å². The highest BCUT2D eigenvalue weighted by Gasteiger charge is 2.13. The van der Waals surface area contributed by atoms with Crippen molar-refractivity contribution in [2.24, 2.45) is 0 Å². The number of dihydropyridines is 1. The van der Waals surface area contributed by atoms with Crippen molar-refractivity contribution in [2.75, 3.05) is 19.6 Å². The average molecular weight is 392 g/mol. The maximum absolute atomic E-state index is 9.89. The van der Waals surface area contributed by atoms with Gasteiger partial charge >= 0.3 is 0 Å². The van der Waals surface area contributed by atoms with Gasteiger partial charge in [-0.15, -0.1) is 9.24 Å². The number of nitrogens with zero attached hydrogens (tertiary/aromatic N) is 2. The third-order valence-corrected chi connectivity index (χ3v) is 4.87. The molecule has 1 saturated heterocycles. The number of halogens is 1. The van der Waals surface area contributed by atoms with Crippen LogP contribution in [0.25, 0.3) is 11.0 Å². The standard InChI is InChI=1S/C14H14ClN4OP.C4H9N/c15-9-6-16-7-11(14(9)20)19-5-8-3-10-13(12(21)4-8)18-2-1-17-10;1-2-4-5-3-1/h1-4,7,16,19-20H,5-6,21H2;5H,1-4H2. The molecule has 0 radical (unpaired) electrons. The Morgan fingerprint density at radius 1 is 1.19 bits per heavy atom. The molecule has 4 N–H and O–H groups in total. The number of nitrogens with one attached hydrogen (secondary N) is 3. The van der Waals surface area contributed by atoms with Gasteiger partial charge in [-0.2, -0.15) is 0 Å². The zero-order chi connectivity index (χ0) is 18.4. The van der Waals surface area contributed by atoms with Crippen LogP contribution < -0.4 is 21.3 Å². The molecular weight excluding hydrogens is 369 g/mol. The van der Waals surface area contributed by atoms with Crippen LogP contribution in [0.2, 0.25) is 0 Å². The number of fused-ring (bicyclic) bond motifs is 1. The van der Waals surface area contributed by atoms with Crippen LogP contribution in [0, 0.1) is 0 Å². The first-order chi connectivity index (χ1) is 12.6. The van der Waals surface area contributed by atoms with Gasteiger partial charge in [0, 0.05) is 25.1 Å². The van der Waals surface area contributed by atoms with Crippen LogP contribution in [-0.2, 0) is 6.54 Å². The van der Waals surface area contributed by atoms with E-state index in [0.717, 1.165) is 21.9 Å². The predicted octanol–water partition coefficient (Wildman–Crippen LogP) is 2.04. The van der Waals surface area contributed by atoms with Crippen molar-refractivity contribution in [2.45, 2.75) is 19.4 Å². The second-order valence-corrected chi connectivity index (χ2v) is 7.19. The van der Waals surface area contributed by atoms with E-state index < -0.39 is 0 Å². The summed E-state index contributed by atoms with van der Waals surface area (Å²) in [7, 11) is 2.67. The summed E-state index contributed by atoms with van der Waals surface area (Å²) < 4.78 is 0. The van der Waals surface area contributed by atoms with Gasteiger partial charge in [0.2, 0.25) is 0 Å². The third kappa shape index (κ3) is 4.85. The highest BCUT2D eigenvalue weighted by molar-refractivity contribution is 7.28. The van der Waals surface area contributed by atoms with Crippen molar-refractivity contribution in [1.82, 2.24) is 25.9 Å². The van der Waals surface area contributed by atoms with E-state index in [0.29, 0.717) is 23.8 Å². The lowest BCUT2D eigenvalue weighted by atomic mass is 10.2. The molecule has 1 aromatic carbocycles. The average Bonchev–Trinajstić information content (AvgIpc) is 3.23. The van der Waals surface area contributed by atoms with Gasteiger partial charge in [0.15, 0.2) is 5.76 Å². The summed E-state index contributed by atoms with van der Waals surface area (Å²) in [6.07, 6.45) is 7.84. The van der Waals surface area contributed by atoms with Crippen molar-refractivity contribution in [3.63, 3.8) is 0 Å². The number of rotatable bonds is 3. The molecule has 0 amide bonds. The van der Waals surface area contributed by atoms with E-state index >= 15 is 0 Å². The third-order valence-electron chi connectivity index (χ3n) is 4.12. The lowest BCUT2D eigenvalue weighted by molar-refractivity contribution is 0.404. The predicted molar refractivity (Wildman–Crippen MR) is 109 cm³/mol. The molecule has 6 nitrogen and oxygen atoms in total. The molecule has 3 heterocycles. The second-order valence-electron chi connectivity index (χ2n) is 6.11. The lowest BCUT2D eigenvalue weighted by Gasteiger charge is -2.17. The van der Waals surface area contributed by atoms with E-state index in [2.05, 4.69) is 35.2 Å². The minimum Gasteiger partial charge on any atom is -0.504 e. The number of aromatic nitrogens is 2. The monoisotopic (exact) mass is 391 g/mol. The van der Waals surface area contributed by atoms with E-state index in [-0.39, 0.29) is 5.76 Å². The Morgan fingerprint density at radius 3 is 2.69 bits per heavy atom. The van der Waals surface area contributed by atoms with Gasteiger partial charge in [0.25, 0.3) is 0 Å². The summed E-state index contributed by atoms with van der Waals surface area (Å²) in [5, 5.41) is 20.7. The maximum Gasteiger partial charge on any atom is 0.156 e. The molecule has 0 saturated carbocycles. The molecule has 2 aromatic rings. The summed E-state index contributed by atoms with van der Waals surface area (Å²) in [5.74, 6) is 0.0853. The molecule has 2 aliphatic rings. The van der Waals surface area contributed by atoms with Gasteiger partial charge in [0.1, 0.15) is 0 Å². The molecule has 1 unspecified atom stereocenters. The van der Waals surface area contributed by atoms with Gasteiger partial charge in [-0.3, -0.25) is 9.97 Å². The zero-order valence-electron chi connectivity index (χ0n) is 14.4. The van der Waals surface area contributed by atoms with Gasteiger partial charge < -0.3 is 21.1 Å². The first-order valence-corrected chi connectivity index (χ1v) is 9.56. The summed E-state index contributed by atoms with van der Waals surface area (Å²) in [6.45, 7) is 3.50. The first-order valence-electron chi connectivity index (χ1n) is 8.60. The number of aliphatic hydroxyl groups excluding tert-OH is 1. The molecule has 8 heteroatoms. The van der Waals surface area contributed by atoms with Crippen molar-refractivity contribution in [3.05, 3.63) is 52.8 Å². The van der Waals surface area contributed by atoms with Crippen molar-refractivity contribution in [1.29, 1.82) is 0 Å². The van der Waals surface area contributed by atoms with Crippen LogP contribution in [0.5, 0.6) is 0 Å². The largest absolute Gasteiger partial charge is 0.504 e. The SMILES string of the molecule is C1CCNC1.OC1=C(Cl)CNC=C1NCc1cc(P)c2nccnc2c1. The van der Waals surface area contributed by atoms with E-state index in [1.54, 1.807) is 18.6 Å². The number of aliphatic hydroxyl groups is 1. The Balaban J connectivity index is 0.000000339. The number of benzene rings is 1. The molecule has 1 fully saturated rings. The minimum atomic E-state index is 0.0853. The summed E-state index contributed by atoms with van der Waals surface area (Å²) in [5.41, 5.74) is 3.34. The molecule has 1 atom stereocenters. The Hall–Kier alpha value is -1.88. The normalized spacial score (nSPS) is 16.6. The number of hydrogen-bond acceptors (Lipinski definition) is 6. The molecule has 4 rings (SSSR count). The fourth-order valence-corrected chi connectivity index (χ4v) is 3.38. The van der Waals surface area contributed by atoms with E-state index in [9.17, 15) is 5.11 Å². The first kappa shape index (κ1) is 18.9. The summed E-state index contributed by atoms with van der Waals surface area (Å²) >= 11 is 5.91. The fraction of sp³-hybridized carbons (Fsp3) is 0.333. The van der Waals surface area contributed by atoms with Crippen LogP contribution in [0.15, 0.2) is 47.2 Å². The highest BCUT2D eigenvalue weighted by atomic mass is 35.5. The van der Waals surface area contributed by atoms with Crippen LogP contribution in [0.4, 0.5) is 0 Å². The Morgan fingerprint density at radius 2 is 1.96 bits per heavy atom. The maximum atomic E-state index is 9.89. The Kier molecular flexibility index (Phi) is 6.67. The molecule has 26 heavy (non-hydrogen) atoms. The minimum absolute atomic E-state index is 0.0853. The Labute approximate surface area is 160 Å². The van der Waals surface area contributed by atoms with Crippen molar-refractivity contribution < 1.29 is 5.11 Å². The molecule has 138 valence electrons. The van der Waals surface area contributed by atoms with Crippen LogP contribution in [-0.4, -0.2) is 34.7 Å². The van der Waals surface area contributed by atoms with Gasteiger partial charge in [-0.05, 0) is 48.9 Å².